The maximum Gasteiger partial charge on any atom is 0.191 e. The maximum absolute atomic E-state index is 5.62. The van der Waals surface area contributed by atoms with Crippen LogP contribution in [0, 0.1) is 5.41 Å². The van der Waals surface area contributed by atoms with E-state index in [0.717, 1.165) is 64.9 Å². The molecule has 3 rings (SSSR count). The van der Waals surface area contributed by atoms with E-state index < -0.39 is 0 Å². The Morgan fingerprint density at radius 2 is 1.76 bits per heavy atom. The SMILES string of the molecule is CCNC(=NCC1(CCOC)CCC1)NCC1(N2CCOCC2)CCCCC1.I. The van der Waals surface area contributed by atoms with Crippen molar-refractivity contribution in [2.24, 2.45) is 10.4 Å². The molecule has 29 heavy (non-hydrogen) atoms. The second kappa shape index (κ2) is 12.7. The van der Waals surface area contributed by atoms with E-state index in [0.29, 0.717) is 5.41 Å². The summed E-state index contributed by atoms with van der Waals surface area (Å²) in [5.74, 6) is 0.990. The number of halogens is 1. The van der Waals surface area contributed by atoms with Crippen LogP contribution in [0.5, 0.6) is 0 Å². The molecule has 0 aromatic heterocycles. The molecule has 0 bridgehead atoms. The molecular formula is C22H43IN4O2. The summed E-state index contributed by atoms with van der Waals surface area (Å²) >= 11 is 0. The molecule has 7 heteroatoms. The van der Waals surface area contributed by atoms with Crippen LogP contribution in [-0.4, -0.2) is 76.1 Å². The van der Waals surface area contributed by atoms with Gasteiger partial charge in [0, 0.05) is 52.0 Å². The highest BCUT2D eigenvalue weighted by Crippen LogP contribution is 2.44. The largest absolute Gasteiger partial charge is 0.385 e. The van der Waals surface area contributed by atoms with Gasteiger partial charge in [-0.25, -0.2) is 0 Å². The third kappa shape index (κ3) is 6.94. The number of aliphatic imine (C=N–C) groups is 1. The first-order valence-electron chi connectivity index (χ1n) is 11.6. The molecule has 2 N–H and O–H groups in total. The van der Waals surface area contributed by atoms with Crippen LogP contribution >= 0.6 is 24.0 Å². The fourth-order valence-corrected chi connectivity index (χ4v) is 5.17. The Labute approximate surface area is 195 Å². The third-order valence-electron chi connectivity index (χ3n) is 7.22. The number of hydrogen-bond acceptors (Lipinski definition) is 4. The van der Waals surface area contributed by atoms with E-state index in [1.54, 1.807) is 7.11 Å². The second-order valence-electron chi connectivity index (χ2n) is 9.03. The zero-order valence-electron chi connectivity index (χ0n) is 18.6. The smallest absolute Gasteiger partial charge is 0.191 e. The molecule has 0 unspecified atom stereocenters. The van der Waals surface area contributed by atoms with Crippen LogP contribution < -0.4 is 10.6 Å². The van der Waals surface area contributed by atoms with Gasteiger partial charge in [0.05, 0.1) is 13.2 Å². The summed E-state index contributed by atoms with van der Waals surface area (Å²) in [6.07, 6.45) is 11.7. The zero-order valence-corrected chi connectivity index (χ0v) is 21.0. The van der Waals surface area contributed by atoms with Gasteiger partial charge < -0.3 is 20.1 Å². The first kappa shape index (κ1) is 25.1. The molecule has 0 aromatic carbocycles. The van der Waals surface area contributed by atoms with Gasteiger partial charge >= 0.3 is 0 Å². The van der Waals surface area contributed by atoms with E-state index in [4.69, 9.17) is 14.5 Å². The Balaban J connectivity index is 0.00000300. The van der Waals surface area contributed by atoms with E-state index >= 15 is 0 Å². The number of nitrogens with zero attached hydrogens (tertiary/aromatic N) is 2. The van der Waals surface area contributed by atoms with Gasteiger partial charge in [-0.1, -0.05) is 25.7 Å². The molecule has 0 spiro atoms. The lowest BCUT2D eigenvalue weighted by Gasteiger charge is -2.48. The Kier molecular flexibility index (Phi) is 11.0. The highest BCUT2D eigenvalue weighted by Gasteiger charge is 2.39. The van der Waals surface area contributed by atoms with Gasteiger partial charge in [0.2, 0.25) is 0 Å². The molecule has 1 saturated heterocycles. The lowest BCUT2D eigenvalue weighted by atomic mass is 9.67. The van der Waals surface area contributed by atoms with Crippen molar-refractivity contribution in [3.63, 3.8) is 0 Å². The standard InChI is InChI=1S/C22H42N4O2.HI/c1-3-23-20(24-18-21(8-7-9-21)12-15-27-2)25-19-22(10-5-4-6-11-22)26-13-16-28-17-14-26;/h3-19H2,1-2H3,(H2,23,24,25);1H. The van der Waals surface area contributed by atoms with Gasteiger partial charge in [-0.05, 0) is 44.4 Å². The lowest BCUT2D eigenvalue weighted by Crippen LogP contribution is -2.60. The van der Waals surface area contributed by atoms with E-state index in [2.05, 4.69) is 22.5 Å². The van der Waals surface area contributed by atoms with Gasteiger partial charge in [0.15, 0.2) is 5.96 Å². The van der Waals surface area contributed by atoms with Crippen molar-refractivity contribution in [3.8, 4) is 0 Å². The average molecular weight is 523 g/mol. The predicted molar refractivity (Wildman–Crippen MR) is 130 cm³/mol. The zero-order chi connectivity index (χ0) is 19.7. The van der Waals surface area contributed by atoms with Gasteiger partial charge in [-0.15, -0.1) is 24.0 Å². The molecule has 2 aliphatic carbocycles. The van der Waals surface area contributed by atoms with Crippen molar-refractivity contribution in [1.82, 2.24) is 15.5 Å². The highest BCUT2D eigenvalue weighted by molar-refractivity contribution is 14.0. The van der Waals surface area contributed by atoms with Crippen LogP contribution in [-0.2, 0) is 9.47 Å². The quantitative estimate of drug-likeness (QED) is 0.276. The predicted octanol–water partition coefficient (Wildman–Crippen LogP) is 3.40. The summed E-state index contributed by atoms with van der Waals surface area (Å²) in [4.78, 5) is 7.71. The van der Waals surface area contributed by atoms with Crippen molar-refractivity contribution >= 4 is 29.9 Å². The fourth-order valence-electron chi connectivity index (χ4n) is 5.17. The molecule has 0 radical (unpaired) electrons. The average Bonchev–Trinajstić information content (AvgIpc) is 2.72. The summed E-state index contributed by atoms with van der Waals surface area (Å²) in [6.45, 7) is 9.68. The highest BCUT2D eigenvalue weighted by atomic mass is 127. The van der Waals surface area contributed by atoms with Gasteiger partial charge in [-0.3, -0.25) is 9.89 Å². The Morgan fingerprint density at radius 1 is 1.03 bits per heavy atom. The number of rotatable bonds is 9. The molecule has 0 aromatic rings. The summed E-state index contributed by atoms with van der Waals surface area (Å²) in [5, 5.41) is 7.21. The first-order chi connectivity index (χ1) is 13.7. The minimum absolute atomic E-state index is 0. The minimum Gasteiger partial charge on any atom is -0.385 e. The van der Waals surface area contributed by atoms with Crippen LogP contribution in [0.15, 0.2) is 4.99 Å². The Hall–Kier alpha value is -0.120. The first-order valence-corrected chi connectivity index (χ1v) is 11.6. The number of ether oxygens (including phenoxy) is 2. The van der Waals surface area contributed by atoms with Crippen LogP contribution in [0.25, 0.3) is 0 Å². The van der Waals surface area contributed by atoms with Crippen molar-refractivity contribution < 1.29 is 9.47 Å². The molecule has 2 saturated carbocycles. The molecule has 0 amide bonds. The van der Waals surface area contributed by atoms with Gasteiger partial charge in [-0.2, -0.15) is 0 Å². The number of morpholine rings is 1. The molecule has 6 nitrogen and oxygen atoms in total. The molecule has 1 heterocycles. The van der Waals surface area contributed by atoms with E-state index in [9.17, 15) is 0 Å². The Bertz CT molecular complexity index is 487. The Morgan fingerprint density at radius 3 is 2.34 bits per heavy atom. The van der Waals surface area contributed by atoms with Crippen LogP contribution in [0.4, 0.5) is 0 Å². The molecule has 3 fully saturated rings. The van der Waals surface area contributed by atoms with Crippen LogP contribution in [0.1, 0.15) is 64.7 Å². The van der Waals surface area contributed by atoms with E-state index in [-0.39, 0.29) is 29.5 Å². The fraction of sp³-hybridized carbons (Fsp3) is 0.955. The second-order valence-corrected chi connectivity index (χ2v) is 9.03. The number of hydrogen-bond donors (Lipinski definition) is 2. The number of guanidine groups is 1. The van der Waals surface area contributed by atoms with E-state index in [1.165, 1.54) is 51.4 Å². The minimum atomic E-state index is 0. The van der Waals surface area contributed by atoms with Crippen molar-refractivity contribution in [1.29, 1.82) is 0 Å². The van der Waals surface area contributed by atoms with Crippen molar-refractivity contribution in [2.45, 2.75) is 70.3 Å². The van der Waals surface area contributed by atoms with Crippen LogP contribution in [0.3, 0.4) is 0 Å². The molecule has 3 aliphatic rings. The van der Waals surface area contributed by atoms with Crippen LogP contribution in [0.2, 0.25) is 0 Å². The maximum atomic E-state index is 5.62. The summed E-state index contributed by atoms with van der Waals surface area (Å²) in [5.41, 5.74) is 0.632. The van der Waals surface area contributed by atoms with Gasteiger partial charge in [0.25, 0.3) is 0 Å². The number of methoxy groups -OCH3 is 1. The van der Waals surface area contributed by atoms with Gasteiger partial charge in [0.1, 0.15) is 0 Å². The van der Waals surface area contributed by atoms with Crippen molar-refractivity contribution in [3.05, 3.63) is 0 Å². The lowest BCUT2D eigenvalue weighted by molar-refractivity contribution is -0.0352. The monoisotopic (exact) mass is 522 g/mol. The summed E-state index contributed by atoms with van der Waals surface area (Å²) < 4.78 is 11.0. The summed E-state index contributed by atoms with van der Waals surface area (Å²) in [7, 11) is 1.80. The van der Waals surface area contributed by atoms with Crippen molar-refractivity contribution in [2.75, 3.05) is 59.7 Å². The molecule has 0 atom stereocenters. The molecule has 170 valence electrons. The third-order valence-corrected chi connectivity index (χ3v) is 7.22. The molecular weight excluding hydrogens is 479 g/mol. The molecule has 1 aliphatic heterocycles. The van der Waals surface area contributed by atoms with E-state index in [1.807, 2.05) is 0 Å². The topological polar surface area (TPSA) is 58.1 Å². The summed E-state index contributed by atoms with van der Waals surface area (Å²) in [6, 6.07) is 0. The number of nitrogens with one attached hydrogen (secondary N) is 2. The normalized spacial score (nSPS) is 24.3.